The molecule has 1 aromatic heterocycles. The van der Waals surface area contributed by atoms with E-state index in [0.717, 1.165) is 0 Å². The summed E-state index contributed by atoms with van der Waals surface area (Å²) in [6.07, 6.45) is 3.09. The summed E-state index contributed by atoms with van der Waals surface area (Å²) in [5.41, 5.74) is -2.13. The second kappa shape index (κ2) is 5.12. The molecule has 0 N–H and O–H groups in total. The Labute approximate surface area is 132 Å². The van der Waals surface area contributed by atoms with Gasteiger partial charge in [0.1, 0.15) is 11.7 Å². The number of halogens is 2. The van der Waals surface area contributed by atoms with Gasteiger partial charge in [0.15, 0.2) is 11.5 Å². The molecule has 3 aliphatic rings. The molecule has 1 amide bonds. The number of carbonyl (C=O) groups excluding carboxylic acids is 1. The zero-order valence-electron chi connectivity index (χ0n) is 12.6. The Bertz CT molecular complexity index is 630. The van der Waals surface area contributed by atoms with E-state index in [1.807, 2.05) is 0 Å². The standard InChI is InChI=1S/C16H18F2N2O3/c17-12-2-1-6-19-13(12)23-11-3-7-22-15(8-11)9-20(10-15)14(21)16(18)4-5-16/h1-2,6,11H,3-5,7-10H2. The second-order valence-corrected chi connectivity index (χ2v) is 6.68. The minimum atomic E-state index is -1.64. The lowest BCUT2D eigenvalue weighted by molar-refractivity contribution is -0.197. The third kappa shape index (κ3) is 2.67. The molecule has 7 heteroatoms. The molecule has 0 bridgehead atoms. The maximum Gasteiger partial charge on any atom is 0.260 e. The lowest BCUT2D eigenvalue weighted by Crippen LogP contribution is -2.68. The molecule has 23 heavy (non-hydrogen) atoms. The smallest absolute Gasteiger partial charge is 0.260 e. The molecular formula is C16H18F2N2O3. The van der Waals surface area contributed by atoms with Gasteiger partial charge in [-0.3, -0.25) is 4.79 Å². The first-order valence-corrected chi connectivity index (χ1v) is 7.89. The van der Waals surface area contributed by atoms with Crippen LogP contribution in [0.5, 0.6) is 5.88 Å². The van der Waals surface area contributed by atoms with Crippen LogP contribution in [0.1, 0.15) is 25.7 Å². The number of rotatable bonds is 3. The number of carbonyl (C=O) groups is 1. The third-order valence-electron chi connectivity index (χ3n) is 4.77. The number of ether oxygens (including phenoxy) is 2. The van der Waals surface area contributed by atoms with Crippen molar-refractivity contribution in [2.45, 2.75) is 43.1 Å². The van der Waals surface area contributed by atoms with Gasteiger partial charge in [0.05, 0.1) is 19.7 Å². The van der Waals surface area contributed by atoms with Gasteiger partial charge in [0, 0.05) is 19.0 Å². The molecular weight excluding hydrogens is 306 g/mol. The van der Waals surface area contributed by atoms with E-state index >= 15 is 0 Å². The van der Waals surface area contributed by atoms with E-state index in [4.69, 9.17) is 9.47 Å². The van der Waals surface area contributed by atoms with E-state index in [1.165, 1.54) is 23.2 Å². The average Bonchev–Trinajstić information content (AvgIpc) is 3.26. The Morgan fingerprint density at radius 2 is 2.22 bits per heavy atom. The average molecular weight is 324 g/mol. The zero-order valence-corrected chi connectivity index (χ0v) is 12.6. The van der Waals surface area contributed by atoms with Crippen molar-refractivity contribution in [1.82, 2.24) is 9.88 Å². The van der Waals surface area contributed by atoms with Crippen molar-refractivity contribution in [2.24, 2.45) is 0 Å². The minimum absolute atomic E-state index is 0.0116. The van der Waals surface area contributed by atoms with Gasteiger partial charge in [0.25, 0.3) is 11.8 Å². The summed E-state index contributed by atoms with van der Waals surface area (Å²) in [4.78, 5) is 17.4. The van der Waals surface area contributed by atoms with Crippen LogP contribution in [0.3, 0.4) is 0 Å². The van der Waals surface area contributed by atoms with Gasteiger partial charge >= 0.3 is 0 Å². The van der Waals surface area contributed by atoms with Crippen LogP contribution in [0.4, 0.5) is 8.78 Å². The number of amides is 1. The van der Waals surface area contributed by atoms with Crippen LogP contribution in [-0.2, 0) is 9.53 Å². The van der Waals surface area contributed by atoms with Crippen molar-refractivity contribution in [3.8, 4) is 5.88 Å². The molecule has 1 saturated carbocycles. The molecule has 1 atom stereocenters. The Balaban J connectivity index is 1.37. The van der Waals surface area contributed by atoms with Crippen LogP contribution < -0.4 is 4.74 Å². The maximum absolute atomic E-state index is 13.8. The number of alkyl halides is 1. The summed E-state index contributed by atoms with van der Waals surface area (Å²) < 4.78 is 38.9. The Morgan fingerprint density at radius 1 is 1.43 bits per heavy atom. The second-order valence-electron chi connectivity index (χ2n) is 6.68. The summed E-state index contributed by atoms with van der Waals surface area (Å²) in [7, 11) is 0. The lowest BCUT2D eigenvalue weighted by Gasteiger charge is -2.53. The monoisotopic (exact) mass is 324 g/mol. The van der Waals surface area contributed by atoms with E-state index in [-0.39, 0.29) is 12.0 Å². The van der Waals surface area contributed by atoms with Gasteiger partial charge in [-0.2, -0.15) is 0 Å². The topological polar surface area (TPSA) is 51.7 Å². The number of likely N-dealkylation sites (tertiary alicyclic amines) is 1. The number of hydrogen-bond donors (Lipinski definition) is 0. The van der Waals surface area contributed by atoms with E-state index in [1.54, 1.807) is 0 Å². The van der Waals surface area contributed by atoms with Crippen LogP contribution in [-0.4, -0.2) is 52.9 Å². The number of aromatic nitrogens is 1. The van der Waals surface area contributed by atoms with Gasteiger partial charge in [-0.05, 0) is 25.0 Å². The molecule has 0 aromatic carbocycles. The fraction of sp³-hybridized carbons (Fsp3) is 0.625. The highest BCUT2D eigenvalue weighted by molar-refractivity contribution is 5.88. The van der Waals surface area contributed by atoms with Crippen molar-refractivity contribution in [3.63, 3.8) is 0 Å². The predicted octanol–water partition coefficient (Wildman–Crippen LogP) is 1.86. The molecule has 2 saturated heterocycles. The highest BCUT2D eigenvalue weighted by Gasteiger charge is 2.58. The molecule has 3 fully saturated rings. The van der Waals surface area contributed by atoms with Crippen molar-refractivity contribution in [3.05, 3.63) is 24.1 Å². The molecule has 5 nitrogen and oxygen atoms in total. The maximum atomic E-state index is 13.8. The van der Waals surface area contributed by atoms with Crippen molar-refractivity contribution >= 4 is 5.91 Å². The first-order valence-electron chi connectivity index (χ1n) is 7.89. The highest BCUT2D eigenvalue weighted by atomic mass is 19.1. The molecule has 1 aromatic rings. The van der Waals surface area contributed by atoms with Gasteiger partial charge < -0.3 is 14.4 Å². The predicted molar refractivity (Wildman–Crippen MR) is 76.2 cm³/mol. The van der Waals surface area contributed by atoms with Gasteiger partial charge in [-0.1, -0.05) is 0 Å². The normalized spacial score (nSPS) is 27.4. The van der Waals surface area contributed by atoms with Gasteiger partial charge in [0.2, 0.25) is 0 Å². The summed E-state index contributed by atoms with van der Waals surface area (Å²) >= 11 is 0. The molecule has 1 spiro atoms. The van der Waals surface area contributed by atoms with E-state index < -0.39 is 23.0 Å². The van der Waals surface area contributed by atoms with Crippen molar-refractivity contribution < 1.29 is 23.0 Å². The number of nitrogens with zero attached hydrogens (tertiary/aromatic N) is 2. The Kier molecular flexibility index (Phi) is 3.30. The molecule has 0 radical (unpaired) electrons. The van der Waals surface area contributed by atoms with Crippen LogP contribution in [0.15, 0.2) is 18.3 Å². The molecule has 124 valence electrons. The van der Waals surface area contributed by atoms with E-state index in [0.29, 0.717) is 45.4 Å². The molecule has 2 aliphatic heterocycles. The number of pyridine rings is 1. The quantitative estimate of drug-likeness (QED) is 0.852. The Hall–Kier alpha value is -1.76. The fourth-order valence-corrected chi connectivity index (χ4v) is 3.32. The van der Waals surface area contributed by atoms with Crippen LogP contribution >= 0.6 is 0 Å². The largest absolute Gasteiger partial charge is 0.472 e. The van der Waals surface area contributed by atoms with Gasteiger partial charge in [-0.15, -0.1) is 0 Å². The molecule has 1 aliphatic carbocycles. The van der Waals surface area contributed by atoms with Gasteiger partial charge in [-0.25, -0.2) is 13.8 Å². The summed E-state index contributed by atoms with van der Waals surface area (Å²) in [6.45, 7) is 1.23. The summed E-state index contributed by atoms with van der Waals surface area (Å²) in [5, 5.41) is 0. The lowest BCUT2D eigenvalue weighted by atomic mass is 9.84. The molecule has 1 unspecified atom stereocenters. The first-order chi connectivity index (χ1) is 11.0. The molecule has 4 rings (SSSR count). The minimum Gasteiger partial charge on any atom is -0.472 e. The van der Waals surface area contributed by atoms with Crippen LogP contribution in [0, 0.1) is 5.82 Å². The fourth-order valence-electron chi connectivity index (χ4n) is 3.32. The third-order valence-corrected chi connectivity index (χ3v) is 4.77. The first kappa shape index (κ1) is 14.8. The summed E-state index contributed by atoms with van der Waals surface area (Å²) in [5.74, 6) is -0.931. The highest BCUT2D eigenvalue weighted by Crippen LogP contribution is 2.45. The summed E-state index contributed by atoms with van der Waals surface area (Å²) in [6, 6.07) is 2.81. The Morgan fingerprint density at radius 3 is 2.91 bits per heavy atom. The van der Waals surface area contributed by atoms with E-state index in [2.05, 4.69) is 4.98 Å². The van der Waals surface area contributed by atoms with Crippen LogP contribution in [0.25, 0.3) is 0 Å². The SMILES string of the molecule is O=C(N1CC2(CC(Oc3ncccc3F)CCO2)C1)C1(F)CC1. The number of hydrogen-bond acceptors (Lipinski definition) is 4. The molecule has 3 heterocycles. The van der Waals surface area contributed by atoms with Crippen LogP contribution in [0.2, 0.25) is 0 Å². The van der Waals surface area contributed by atoms with Crippen molar-refractivity contribution in [2.75, 3.05) is 19.7 Å². The zero-order chi connectivity index (χ0) is 16.1. The van der Waals surface area contributed by atoms with E-state index in [9.17, 15) is 13.6 Å². The van der Waals surface area contributed by atoms with Crippen molar-refractivity contribution in [1.29, 1.82) is 0 Å².